The summed E-state index contributed by atoms with van der Waals surface area (Å²) < 4.78 is 71.2. The average Bonchev–Trinajstić information content (AvgIpc) is 2.57. The van der Waals surface area contributed by atoms with Gasteiger partial charge in [-0.25, -0.2) is 8.42 Å². The van der Waals surface area contributed by atoms with E-state index in [-0.39, 0.29) is 32.0 Å². The van der Waals surface area contributed by atoms with Crippen LogP contribution in [0.3, 0.4) is 0 Å². The van der Waals surface area contributed by atoms with E-state index in [1.165, 1.54) is 0 Å². The Kier molecular flexibility index (Phi) is 9.61. The van der Waals surface area contributed by atoms with E-state index in [4.69, 9.17) is 9.47 Å². The second-order valence-corrected chi connectivity index (χ2v) is 7.56. The number of aliphatic imine (C=N–C) groups is 1. The summed E-state index contributed by atoms with van der Waals surface area (Å²) in [4.78, 5) is 4.33. The van der Waals surface area contributed by atoms with Crippen molar-refractivity contribution in [1.29, 1.82) is 0 Å². The van der Waals surface area contributed by atoms with Gasteiger partial charge in [-0.15, -0.1) is 0 Å². The van der Waals surface area contributed by atoms with E-state index in [0.717, 1.165) is 0 Å². The first-order valence-corrected chi connectivity index (χ1v) is 9.84. The van der Waals surface area contributed by atoms with Gasteiger partial charge in [0.2, 0.25) is 0 Å². The molecule has 0 amide bonds. The summed E-state index contributed by atoms with van der Waals surface area (Å²) in [5.74, 6) is 0.528. The highest BCUT2D eigenvalue weighted by Gasteiger charge is 2.50. The predicted octanol–water partition coefficient (Wildman–Crippen LogP) is 0.519. The minimum atomic E-state index is -5.26. The molecule has 1 heterocycles. The van der Waals surface area contributed by atoms with Crippen LogP contribution in [-0.2, 0) is 19.5 Å². The standard InChI is InChI=1S/C14H27F3N4O4S/c1-3-18-13(19-6-9-25-11-10-24-2)20-12-4-7-21(8-5-12)26(22,23)14(15,16)17/h12H,3-11H2,1-2H3,(H2,18,19,20). The fourth-order valence-electron chi connectivity index (χ4n) is 2.37. The number of rotatable bonds is 9. The molecule has 0 bridgehead atoms. The Labute approximate surface area is 152 Å². The molecular formula is C14H27F3N4O4S. The number of halogens is 3. The van der Waals surface area contributed by atoms with Gasteiger partial charge in [0.05, 0.1) is 26.4 Å². The molecule has 0 aliphatic carbocycles. The van der Waals surface area contributed by atoms with E-state index >= 15 is 0 Å². The first-order chi connectivity index (χ1) is 12.2. The predicted molar refractivity (Wildman–Crippen MR) is 91.4 cm³/mol. The Hall–Kier alpha value is -1.11. The molecule has 1 fully saturated rings. The fraction of sp³-hybridized carbons (Fsp3) is 0.929. The summed E-state index contributed by atoms with van der Waals surface area (Å²) in [5.41, 5.74) is -5.26. The smallest absolute Gasteiger partial charge is 0.382 e. The summed E-state index contributed by atoms with van der Waals surface area (Å²) in [6, 6.07) is -0.151. The topological polar surface area (TPSA) is 92.3 Å². The number of methoxy groups -OCH3 is 1. The number of hydrogen-bond acceptors (Lipinski definition) is 5. The molecule has 1 aliphatic rings. The number of guanidine groups is 1. The van der Waals surface area contributed by atoms with Crippen LogP contribution in [0.25, 0.3) is 0 Å². The molecule has 1 rings (SSSR count). The summed E-state index contributed by atoms with van der Waals surface area (Å²) in [7, 11) is -3.67. The Bertz CT molecular complexity index is 535. The summed E-state index contributed by atoms with van der Waals surface area (Å²) in [5, 5.41) is 6.17. The Morgan fingerprint density at radius 3 is 2.42 bits per heavy atom. The minimum Gasteiger partial charge on any atom is -0.382 e. The van der Waals surface area contributed by atoms with Crippen LogP contribution in [0.4, 0.5) is 13.2 Å². The average molecular weight is 404 g/mol. The molecule has 12 heteroatoms. The Balaban J connectivity index is 2.47. The molecular weight excluding hydrogens is 377 g/mol. The van der Waals surface area contributed by atoms with Gasteiger partial charge in [-0.2, -0.15) is 17.5 Å². The second-order valence-electron chi connectivity index (χ2n) is 5.63. The van der Waals surface area contributed by atoms with Crippen molar-refractivity contribution in [3.63, 3.8) is 0 Å². The highest BCUT2D eigenvalue weighted by Crippen LogP contribution is 2.28. The van der Waals surface area contributed by atoms with Crippen molar-refractivity contribution in [2.75, 3.05) is 53.1 Å². The van der Waals surface area contributed by atoms with Crippen molar-refractivity contribution >= 4 is 16.0 Å². The maximum absolute atomic E-state index is 12.6. The zero-order valence-electron chi connectivity index (χ0n) is 15.0. The van der Waals surface area contributed by atoms with Gasteiger partial charge in [-0.05, 0) is 19.8 Å². The van der Waals surface area contributed by atoms with E-state index < -0.39 is 15.5 Å². The first-order valence-electron chi connectivity index (χ1n) is 8.40. The lowest BCUT2D eigenvalue weighted by atomic mass is 10.1. The third kappa shape index (κ3) is 7.25. The normalized spacial score (nSPS) is 18.1. The van der Waals surface area contributed by atoms with E-state index in [1.807, 2.05) is 6.92 Å². The molecule has 0 spiro atoms. The molecule has 0 unspecified atom stereocenters. The molecule has 1 aliphatic heterocycles. The van der Waals surface area contributed by atoms with Gasteiger partial charge >= 0.3 is 15.5 Å². The van der Waals surface area contributed by atoms with Gasteiger partial charge in [-0.3, -0.25) is 4.99 Å². The molecule has 0 radical (unpaired) electrons. The van der Waals surface area contributed by atoms with Crippen LogP contribution >= 0.6 is 0 Å². The molecule has 0 saturated carbocycles. The zero-order valence-corrected chi connectivity index (χ0v) is 15.8. The Morgan fingerprint density at radius 2 is 1.88 bits per heavy atom. The van der Waals surface area contributed by atoms with Crippen molar-refractivity contribution in [3.05, 3.63) is 0 Å². The van der Waals surface area contributed by atoms with Crippen LogP contribution < -0.4 is 10.6 Å². The number of alkyl halides is 3. The molecule has 0 aromatic carbocycles. The molecule has 0 atom stereocenters. The van der Waals surface area contributed by atoms with Crippen LogP contribution in [0.5, 0.6) is 0 Å². The number of ether oxygens (including phenoxy) is 2. The lowest BCUT2D eigenvalue weighted by Gasteiger charge is -2.32. The monoisotopic (exact) mass is 404 g/mol. The van der Waals surface area contributed by atoms with Gasteiger partial charge in [0.25, 0.3) is 0 Å². The van der Waals surface area contributed by atoms with E-state index in [2.05, 4.69) is 15.6 Å². The lowest BCUT2D eigenvalue weighted by Crippen LogP contribution is -2.51. The Morgan fingerprint density at radius 1 is 1.23 bits per heavy atom. The molecule has 2 N–H and O–H groups in total. The lowest BCUT2D eigenvalue weighted by molar-refractivity contribution is -0.0494. The quantitative estimate of drug-likeness (QED) is 0.331. The third-order valence-corrected chi connectivity index (χ3v) is 5.34. The number of sulfonamides is 1. The summed E-state index contributed by atoms with van der Waals surface area (Å²) in [6.45, 7) is 3.96. The van der Waals surface area contributed by atoms with Crippen LogP contribution in [0.15, 0.2) is 4.99 Å². The second kappa shape index (κ2) is 10.9. The van der Waals surface area contributed by atoms with Gasteiger partial charge < -0.3 is 20.1 Å². The number of nitrogens with zero attached hydrogens (tertiary/aromatic N) is 2. The number of hydrogen-bond donors (Lipinski definition) is 2. The fourth-order valence-corrected chi connectivity index (χ4v) is 3.35. The van der Waals surface area contributed by atoms with Crippen molar-refractivity contribution in [3.8, 4) is 0 Å². The first kappa shape index (κ1) is 22.9. The largest absolute Gasteiger partial charge is 0.511 e. The zero-order chi connectivity index (χ0) is 19.6. The van der Waals surface area contributed by atoms with Crippen molar-refractivity contribution in [1.82, 2.24) is 14.9 Å². The van der Waals surface area contributed by atoms with Gasteiger partial charge in [-0.1, -0.05) is 0 Å². The van der Waals surface area contributed by atoms with Crippen LogP contribution in [0.1, 0.15) is 19.8 Å². The third-order valence-electron chi connectivity index (χ3n) is 3.71. The molecule has 0 aromatic heterocycles. The maximum atomic E-state index is 12.6. The van der Waals surface area contributed by atoms with Crippen molar-refractivity contribution in [2.24, 2.45) is 4.99 Å². The maximum Gasteiger partial charge on any atom is 0.511 e. The van der Waals surface area contributed by atoms with Gasteiger partial charge in [0.15, 0.2) is 5.96 Å². The van der Waals surface area contributed by atoms with Crippen LogP contribution in [0, 0.1) is 0 Å². The van der Waals surface area contributed by atoms with Crippen LogP contribution in [-0.4, -0.2) is 83.3 Å². The summed E-state index contributed by atoms with van der Waals surface area (Å²) >= 11 is 0. The van der Waals surface area contributed by atoms with E-state index in [0.29, 0.717) is 43.2 Å². The molecule has 154 valence electrons. The molecule has 1 saturated heterocycles. The van der Waals surface area contributed by atoms with Crippen molar-refractivity contribution in [2.45, 2.75) is 31.3 Å². The molecule has 0 aromatic rings. The molecule has 26 heavy (non-hydrogen) atoms. The van der Waals surface area contributed by atoms with Gasteiger partial charge in [0.1, 0.15) is 0 Å². The highest BCUT2D eigenvalue weighted by atomic mass is 32.2. The van der Waals surface area contributed by atoms with E-state index in [9.17, 15) is 21.6 Å². The highest BCUT2D eigenvalue weighted by molar-refractivity contribution is 7.90. The SMILES string of the molecule is CCNC(=NCCOCCOC)NC1CCN(S(=O)(=O)C(F)(F)F)CC1. The number of nitrogens with one attached hydrogen (secondary N) is 2. The minimum absolute atomic E-state index is 0.151. The van der Waals surface area contributed by atoms with Gasteiger partial charge in [0, 0.05) is 32.8 Å². The summed E-state index contributed by atoms with van der Waals surface area (Å²) in [6.07, 6.45) is 0.536. The van der Waals surface area contributed by atoms with E-state index in [1.54, 1.807) is 7.11 Å². The van der Waals surface area contributed by atoms with Crippen LogP contribution in [0.2, 0.25) is 0 Å². The number of piperidine rings is 1. The van der Waals surface area contributed by atoms with Crippen molar-refractivity contribution < 1.29 is 31.1 Å². The molecule has 8 nitrogen and oxygen atoms in total.